The highest BCUT2D eigenvalue weighted by Crippen LogP contribution is 2.45. The first-order valence-corrected chi connectivity index (χ1v) is 22.8. The molecule has 0 saturated heterocycles. The average Bonchev–Trinajstić information content (AvgIpc) is 3.40. The lowest BCUT2D eigenvalue weighted by Crippen LogP contribution is -1.91. The van der Waals surface area contributed by atoms with Crippen LogP contribution in [0.1, 0.15) is 0 Å². The summed E-state index contributed by atoms with van der Waals surface area (Å²) in [6, 6.07) is 97.7. The molecular formula is C66H44. The van der Waals surface area contributed by atoms with Crippen LogP contribution in [0, 0.1) is 0 Å². The molecule has 0 fully saturated rings. The number of fused-ring (bicyclic) bond motifs is 3. The summed E-state index contributed by atoms with van der Waals surface area (Å²) in [6.07, 6.45) is 0. The number of benzene rings is 12. The fraction of sp³-hybridized carbons (Fsp3) is 0. The van der Waals surface area contributed by atoms with Crippen LogP contribution in [0.5, 0.6) is 0 Å². The first-order valence-electron chi connectivity index (χ1n) is 22.8. The summed E-state index contributed by atoms with van der Waals surface area (Å²) < 4.78 is 0. The van der Waals surface area contributed by atoms with Gasteiger partial charge in [0.1, 0.15) is 0 Å². The van der Waals surface area contributed by atoms with Gasteiger partial charge in [0, 0.05) is 0 Å². The lowest BCUT2D eigenvalue weighted by Gasteiger charge is -2.18. The van der Waals surface area contributed by atoms with Crippen LogP contribution in [0.4, 0.5) is 0 Å². The summed E-state index contributed by atoms with van der Waals surface area (Å²) in [5, 5.41) is 7.54. The van der Waals surface area contributed by atoms with Crippen molar-refractivity contribution in [1.29, 1.82) is 0 Å². The molecule has 0 aliphatic carbocycles. The minimum Gasteiger partial charge on any atom is -0.0622 e. The van der Waals surface area contributed by atoms with Gasteiger partial charge in [-0.25, -0.2) is 0 Å². The maximum Gasteiger partial charge on any atom is -0.00262 e. The quantitative estimate of drug-likeness (QED) is 0.134. The van der Waals surface area contributed by atoms with Crippen LogP contribution in [-0.2, 0) is 0 Å². The Bertz CT molecular complexity index is 3700. The molecule has 0 heteroatoms. The molecule has 0 radical (unpaired) electrons. The van der Waals surface area contributed by atoms with E-state index < -0.39 is 0 Å². The predicted molar refractivity (Wildman–Crippen MR) is 282 cm³/mol. The van der Waals surface area contributed by atoms with Gasteiger partial charge in [-0.2, -0.15) is 0 Å². The van der Waals surface area contributed by atoms with Crippen molar-refractivity contribution in [1.82, 2.24) is 0 Å². The van der Waals surface area contributed by atoms with Gasteiger partial charge in [0.15, 0.2) is 0 Å². The van der Waals surface area contributed by atoms with Crippen LogP contribution in [0.15, 0.2) is 267 Å². The third kappa shape index (κ3) is 7.35. The molecule has 308 valence electrons. The molecule has 0 saturated carbocycles. The van der Waals surface area contributed by atoms with E-state index in [2.05, 4.69) is 267 Å². The molecule has 0 N–H and O–H groups in total. The van der Waals surface area contributed by atoms with E-state index in [-0.39, 0.29) is 0 Å². The van der Waals surface area contributed by atoms with E-state index in [1.54, 1.807) is 0 Å². The largest absolute Gasteiger partial charge is 0.0622 e. The van der Waals surface area contributed by atoms with E-state index in [1.807, 2.05) is 0 Å². The molecule has 0 aromatic heterocycles. The molecule has 0 unspecified atom stereocenters. The van der Waals surface area contributed by atoms with Gasteiger partial charge < -0.3 is 0 Å². The van der Waals surface area contributed by atoms with Gasteiger partial charge in [0.2, 0.25) is 0 Å². The highest BCUT2D eigenvalue weighted by atomic mass is 14.2. The van der Waals surface area contributed by atoms with E-state index in [0.717, 1.165) is 0 Å². The molecule has 0 amide bonds. The maximum absolute atomic E-state index is 2.37. The highest BCUT2D eigenvalue weighted by Gasteiger charge is 2.17. The van der Waals surface area contributed by atoms with Gasteiger partial charge in [-0.05, 0) is 164 Å². The van der Waals surface area contributed by atoms with Crippen LogP contribution >= 0.6 is 0 Å². The Morgan fingerprint density at radius 2 is 0.394 bits per heavy atom. The van der Waals surface area contributed by atoms with Crippen LogP contribution < -0.4 is 0 Å². The minimum absolute atomic E-state index is 1.19. The molecule has 0 aliphatic heterocycles. The van der Waals surface area contributed by atoms with Gasteiger partial charge in [0.25, 0.3) is 0 Å². The first kappa shape index (κ1) is 39.0. The standard InChI is InChI=1S/C66H44/c1-2-16-45(17-3-1)48-20-10-21-49(38-48)50-22-11-23-51(39-50)52-24-12-25-53(40-52)54-26-13-27-55(41-54)56-28-14-29-57(42-56)58-30-15-31-59(44-58)65-61-32-6-8-34-63(61)66(64-35-9-7-33-62(64)65)60-37-36-46-18-4-5-19-47(46)43-60/h1-44H. The smallest absolute Gasteiger partial charge is 0.00262 e. The van der Waals surface area contributed by atoms with Crippen molar-refractivity contribution in [2.24, 2.45) is 0 Å². The first-order chi connectivity index (χ1) is 32.7. The fourth-order valence-corrected chi connectivity index (χ4v) is 9.97. The van der Waals surface area contributed by atoms with E-state index in [4.69, 9.17) is 0 Å². The zero-order chi connectivity index (χ0) is 43.8. The molecule has 0 spiro atoms. The SMILES string of the molecule is c1ccc(-c2cccc(-c3cccc(-c4cccc(-c5cccc(-c6cccc(-c7cccc(-c8c9ccccc9c(-c9ccc%10ccccc%10c9)c9ccccc89)c7)c6)c5)c4)c3)c2)cc1. The second-order valence-corrected chi connectivity index (χ2v) is 17.3. The predicted octanol–water partition coefficient (Wildman–Crippen LogP) is 18.5. The van der Waals surface area contributed by atoms with Gasteiger partial charge in [0.05, 0.1) is 0 Å². The minimum atomic E-state index is 1.19. The lowest BCUT2D eigenvalue weighted by atomic mass is 9.85. The van der Waals surface area contributed by atoms with E-state index in [1.165, 1.54) is 121 Å². The van der Waals surface area contributed by atoms with Crippen molar-refractivity contribution in [2.75, 3.05) is 0 Å². The topological polar surface area (TPSA) is 0 Å². The second kappa shape index (κ2) is 16.8. The summed E-state index contributed by atoms with van der Waals surface area (Å²) >= 11 is 0. The summed E-state index contributed by atoms with van der Waals surface area (Å²) in [6.45, 7) is 0. The van der Waals surface area contributed by atoms with Crippen molar-refractivity contribution >= 4 is 32.3 Å². The lowest BCUT2D eigenvalue weighted by molar-refractivity contribution is 1.55. The molecule has 66 heavy (non-hydrogen) atoms. The average molecular weight is 837 g/mol. The van der Waals surface area contributed by atoms with Crippen molar-refractivity contribution < 1.29 is 0 Å². The number of hydrogen-bond acceptors (Lipinski definition) is 0. The van der Waals surface area contributed by atoms with Crippen LogP contribution in [0.25, 0.3) is 121 Å². The normalized spacial score (nSPS) is 11.3. The monoisotopic (exact) mass is 836 g/mol. The van der Waals surface area contributed by atoms with Gasteiger partial charge in [-0.15, -0.1) is 0 Å². The van der Waals surface area contributed by atoms with Crippen molar-refractivity contribution in [3.63, 3.8) is 0 Å². The summed E-state index contributed by atoms with van der Waals surface area (Å²) in [7, 11) is 0. The van der Waals surface area contributed by atoms with Crippen molar-refractivity contribution in [3.8, 4) is 89.0 Å². The Morgan fingerprint density at radius 1 is 0.136 bits per heavy atom. The van der Waals surface area contributed by atoms with Gasteiger partial charge >= 0.3 is 0 Å². The number of hydrogen-bond donors (Lipinski definition) is 0. The molecular weight excluding hydrogens is 793 g/mol. The van der Waals surface area contributed by atoms with Gasteiger partial charge in [-0.1, -0.05) is 224 Å². The molecule has 0 nitrogen and oxygen atoms in total. The Hall–Kier alpha value is -8.58. The summed E-state index contributed by atoms with van der Waals surface area (Å²) in [4.78, 5) is 0. The van der Waals surface area contributed by atoms with Crippen molar-refractivity contribution in [2.45, 2.75) is 0 Å². The third-order valence-electron chi connectivity index (χ3n) is 13.2. The zero-order valence-corrected chi connectivity index (χ0v) is 36.4. The fourth-order valence-electron chi connectivity index (χ4n) is 9.97. The Labute approximate surface area is 386 Å². The summed E-state index contributed by atoms with van der Waals surface area (Å²) in [5.41, 5.74) is 19.4. The Balaban J connectivity index is 0.870. The van der Waals surface area contributed by atoms with Crippen molar-refractivity contribution in [3.05, 3.63) is 267 Å². The number of rotatable bonds is 8. The van der Waals surface area contributed by atoms with Crippen LogP contribution in [0.2, 0.25) is 0 Å². The zero-order valence-electron chi connectivity index (χ0n) is 36.4. The molecule has 0 heterocycles. The summed E-state index contributed by atoms with van der Waals surface area (Å²) in [5.74, 6) is 0. The van der Waals surface area contributed by atoms with E-state index >= 15 is 0 Å². The Kier molecular flexibility index (Phi) is 9.97. The second-order valence-electron chi connectivity index (χ2n) is 17.3. The maximum atomic E-state index is 2.37. The molecule has 12 aromatic rings. The van der Waals surface area contributed by atoms with E-state index in [9.17, 15) is 0 Å². The molecule has 0 atom stereocenters. The van der Waals surface area contributed by atoms with E-state index in [0.29, 0.717) is 0 Å². The highest BCUT2D eigenvalue weighted by molar-refractivity contribution is 6.21. The van der Waals surface area contributed by atoms with Crippen LogP contribution in [0.3, 0.4) is 0 Å². The Morgan fingerprint density at radius 3 is 0.773 bits per heavy atom. The van der Waals surface area contributed by atoms with Crippen LogP contribution in [-0.4, -0.2) is 0 Å². The molecule has 0 bridgehead atoms. The molecule has 12 rings (SSSR count). The molecule has 0 aliphatic rings. The third-order valence-corrected chi connectivity index (χ3v) is 13.2. The van der Waals surface area contributed by atoms with Gasteiger partial charge in [-0.3, -0.25) is 0 Å². The molecule has 12 aromatic carbocycles.